The van der Waals surface area contributed by atoms with Gasteiger partial charge in [-0.2, -0.15) is 0 Å². The first-order valence-electron chi connectivity index (χ1n) is 9.35. The minimum atomic E-state index is -1.63. The number of carbonyl (C=O) groups is 3. The molecule has 1 atom stereocenters. The van der Waals surface area contributed by atoms with Gasteiger partial charge >= 0.3 is 5.97 Å². The summed E-state index contributed by atoms with van der Waals surface area (Å²) < 4.78 is 10.9. The highest BCUT2D eigenvalue weighted by atomic mass is 16.5. The quantitative estimate of drug-likeness (QED) is 0.786. The van der Waals surface area contributed by atoms with Crippen molar-refractivity contribution < 1.29 is 23.9 Å². The summed E-state index contributed by atoms with van der Waals surface area (Å²) in [6.07, 6.45) is 1.39. The highest BCUT2D eigenvalue weighted by Crippen LogP contribution is 2.55. The number of nitrogens with two attached hydrogens (primary N) is 1. The van der Waals surface area contributed by atoms with Gasteiger partial charge in [-0.3, -0.25) is 9.59 Å². The van der Waals surface area contributed by atoms with Crippen molar-refractivity contribution in [2.45, 2.75) is 38.5 Å². The summed E-state index contributed by atoms with van der Waals surface area (Å²) in [6.45, 7) is 3.67. The van der Waals surface area contributed by atoms with Crippen LogP contribution in [0.2, 0.25) is 0 Å². The van der Waals surface area contributed by atoms with E-state index in [1.165, 1.54) is 4.90 Å². The van der Waals surface area contributed by atoms with Gasteiger partial charge in [0.2, 0.25) is 11.8 Å². The average molecular weight is 382 g/mol. The van der Waals surface area contributed by atoms with E-state index in [1.807, 2.05) is 25.1 Å². The molecule has 4 rings (SSSR count). The second-order valence-electron chi connectivity index (χ2n) is 7.27. The lowest BCUT2D eigenvalue weighted by Crippen LogP contribution is -2.50. The predicted molar refractivity (Wildman–Crippen MR) is 101 cm³/mol. The number of ketones is 1. The maximum absolute atomic E-state index is 13.7. The molecule has 7 nitrogen and oxygen atoms in total. The molecule has 0 saturated carbocycles. The first kappa shape index (κ1) is 18.3. The molecule has 0 unspecified atom stereocenters. The Labute approximate surface area is 162 Å². The van der Waals surface area contributed by atoms with Crippen LogP contribution >= 0.6 is 0 Å². The number of nitrogens with zero attached hydrogens (tertiary/aromatic N) is 1. The van der Waals surface area contributed by atoms with Crippen LogP contribution in [0.4, 0.5) is 5.69 Å². The van der Waals surface area contributed by atoms with Crippen molar-refractivity contribution in [2.75, 3.05) is 18.6 Å². The van der Waals surface area contributed by atoms with Crippen molar-refractivity contribution in [3.05, 3.63) is 52.1 Å². The minimum absolute atomic E-state index is 0.107. The van der Waals surface area contributed by atoms with Gasteiger partial charge < -0.3 is 20.1 Å². The van der Waals surface area contributed by atoms with Crippen LogP contribution in [-0.4, -0.2) is 31.3 Å². The van der Waals surface area contributed by atoms with E-state index in [0.29, 0.717) is 29.9 Å². The maximum atomic E-state index is 13.7. The van der Waals surface area contributed by atoms with Gasteiger partial charge in [-0.05, 0) is 26.3 Å². The molecule has 0 bridgehead atoms. The number of Topliss-reactive ketones (excluding diaryl/α,β-unsaturated/α-hetero) is 1. The number of fused-ring (bicyclic) bond motifs is 3. The number of rotatable bonds is 2. The number of hydrogen-bond acceptors (Lipinski definition) is 6. The summed E-state index contributed by atoms with van der Waals surface area (Å²) in [5.74, 6) is -1.15. The summed E-state index contributed by atoms with van der Waals surface area (Å²) in [7, 11) is 1.63. The number of aryl methyl sites for hydroxylation is 1. The number of hydrogen-bond donors (Lipinski definition) is 1. The first-order chi connectivity index (χ1) is 13.3. The van der Waals surface area contributed by atoms with E-state index in [2.05, 4.69) is 0 Å². The summed E-state index contributed by atoms with van der Waals surface area (Å²) >= 11 is 0. The van der Waals surface area contributed by atoms with E-state index >= 15 is 0 Å². The second-order valence-corrected chi connectivity index (χ2v) is 7.27. The van der Waals surface area contributed by atoms with Crippen molar-refractivity contribution in [1.82, 2.24) is 0 Å². The maximum Gasteiger partial charge on any atom is 0.341 e. The molecule has 1 aliphatic carbocycles. The Morgan fingerprint density at radius 2 is 2.07 bits per heavy atom. The van der Waals surface area contributed by atoms with Gasteiger partial charge in [-0.15, -0.1) is 0 Å². The highest BCUT2D eigenvalue weighted by Gasteiger charge is 2.63. The number of carbonyl (C=O) groups excluding carboxylic acids is 3. The number of allylic oxidation sites excluding steroid dienone is 1. The third-order valence-corrected chi connectivity index (χ3v) is 5.62. The van der Waals surface area contributed by atoms with Crippen molar-refractivity contribution in [1.29, 1.82) is 0 Å². The van der Waals surface area contributed by atoms with E-state index in [9.17, 15) is 14.4 Å². The van der Waals surface area contributed by atoms with Crippen LogP contribution in [0.25, 0.3) is 0 Å². The lowest BCUT2D eigenvalue weighted by Gasteiger charge is -2.38. The highest BCUT2D eigenvalue weighted by molar-refractivity contribution is 6.23. The number of esters is 1. The van der Waals surface area contributed by atoms with Crippen LogP contribution in [0.1, 0.15) is 37.3 Å². The molecule has 28 heavy (non-hydrogen) atoms. The molecule has 1 amide bonds. The molecule has 0 aromatic heterocycles. The Balaban J connectivity index is 2.12. The predicted octanol–water partition coefficient (Wildman–Crippen LogP) is 1.98. The molecular formula is C21H22N2O5. The fraction of sp³-hybridized carbons (Fsp3) is 0.381. The molecule has 2 N–H and O–H groups in total. The molecule has 0 fully saturated rings. The third kappa shape index (κ3) is 2.19. The topological polar surface area (TPSA) is 98.9 Å². The number of amides is 1. The van der Waals surface area contributed by atoms with Gasteiger partial charge in [0.1, 0.15) is 16.7 Å². The van der Waals surface area contributed by atoms with Crippen LogP contribution in [-0.2, 0) is 29.3 Å². The number of anilines is 1. The van der Waals surface area contributed by atoms with Crippen LogP contribution in [0.5, 0.6) is 0 Å². The first-order valence-corrected chi connectivity index (χ1v) is 9.35. The molecule has 2 aliphatic heterocycles. The third-order valence-electron chi connectivity index (χ3n) is 5.62. The molecule has 0 radical (unpaired) electrons. The van der Waals surface area contributed by atoms with Crippen LogP contribution < -0.4 is 10.6 Å². The molecular weight excluding hydrogens is 360 g/mol. The largest absolute Gasteiger partial charge is 0.462 e. The number of ether oxygens (including phenoxy) is 2. The Kier molecular flexibility index (Phi) is 4.06. The van der Waals surface area contributed by atoms with Gasteiger partial charge in [-0.1, -0.05) is 17.7 Å². The fourth-order valence-corrected chi connectivity index (χ4v) is 4.49. The van der Waals surface area contributed by atoms with Crippen molar-refractivity contribution >= 4 is 23.3 Å². The molecule has 146 valence electrons. The van der Waals surface area contributed by atoms with E-state index in [4.69, 9.17) is 15.2 Å². The molecule has 0 saturated heterocycles. The van der Waals surface area contributed by atoms with E-state index in [-0.39, 0.29) is 35.8 Å². The molecule has 1 aromatic carbocycles. The van der Waals surface area contributed by atoms with Crippen molar-refractivity contribution in [3.8, 4) is 0 Å². The number of benzene rings is 1. The van der Waals surface area contributed by atoms with E-state index in [1.54, 1.807) is 14.0 Å². The minimum Gasteiger partial charge on any atom is -0.462 e. The second kappa shape index (κ2) is 6.22. The average Bonchev–Trinajstić information content (AvgIpc) is 2.84. The Bertz CT molecular complexity index is 991. The van der Waals surface area contributed by atoms with Crippen molar-refractivity contribution in [2.24, 2.45) is 5.73 Å². The fourth-order valence-electron chi connectivity index (χ4n) is 4.49. The Hall–Kier alpha value is -3.09. The summed E-state index contributed by atoms with van der Waals surface area (Å²) in [5, 5.41) is 0. The smallest absolute Gasteiger partial charge is 0.341 e. The van der Waals surface area contributed by atoms with Crippen molar-refractivity contribution in [3.63, 3.8) is 0 Å². The number of likely N-dealkylation sites (N-methyl/N-ethyl adjacent to an activating group) is 1. The van der Waals surface area contributed by atoms with E-state index < -0.39 is 17.3 Å². The standard InChI is InChI=1S/C21H22N2O5/c1-4-27-19(25)17-18(22)28-15-7-5-6-14(24)16(15)21(17)12-10-11(2)8-9-13(12)23(3)20(21)26/h8-10H,4-7,22H2,1-3H3/t21-/m0/s1. The molecule has 1 aromatic rings. The molecule has 2 heterocycles. The lowest BCUT2D eigenvalue weighted by atomic mass is 9.64. The Morgan fingerprint density at radius 1 is 1.32 bits per heavy atom. The summed E-state index contributed by atoms with van der Waals surface area (Å²) in [4.78, 5) is 41.2. The zero-order chi connectivity index (χ0) is 20.2. The summed E-state index contributed by atoms with van der Waals surface area (Å²) in [6, 6.07) is 5.54. The van der Waals surface area contributed by atoms with Crippen LogP contribution in [0.15, 0.2) is 41.0 Å². The lowest BCUT2D eigenvalue weighted by molar-refractivity contribution is -0.141. The van der Waals surface area contributed by atoms with Gasteiger partial charge in [-0.25, -0.2) is 4.79 Å². The van der Waals surface area contributed by atoms with Gasteiger partial charge in [0, 0.05) is 31.1 Å². The summed E-state index contributed by atoms with van der Waals surface area (Å²) in [5.41, 5.74) is 6.75. The normalized spacial score (nSPS) is 23.8. The van der Waals surface area contributed by atoms with E-state index in [0.717, 1.165) is 5.56 Å². The SMILES string of the molecule is CCOC(=O)C1=C(N)OC2=C(C(=O)CCC2)[C@]12C(=O)N(C)c1ccc(C)cc12. The van der Waals surface area contributed by atoms with Gasteiger partial charge in [0.15, 0.2) is 5.78 Å². The zero-order valence-electron chi connectivity index (χ0n) is 16.1. The molecule has 1 spiro atoms. The van der Waals surface area contributed by atoms with Gasteiger partial charge in [0.25, 0.3) is 0 Å². The van der Waals surface area contributed by atoms with Crippen LogP contribution in [0, 0.1) is 6.92 Å². The van der Waals surface area contributed by atoms with Crippen LogP contribution in [0.3, 0.4) is 0 Å². The zero-order valence-corrected chi connectivity index (χ0v) is 16.1. The Morgan fingerprint density at radius 3 is 2.79 bits per heavy atom. The van der Waals surface area contributed by atoms with Gasteiger partial charge in [0.05, 0.1) is 12.2 Å². The monoisotopic (exact) mass is 382 g/mol. The molecule has 7 heteroatoms. The molecule has 3 aliphatic rings.